The van der Waals surface area contributed by atoms with E-state index in [1.807, 2.05) is 0 Å². The van der Waals surface area contributed by atoms with Crippen molar-refractivity contribution in [3.63, 3.8) is 0 Å². The fraction of sp³-hybridized carbons (Fsp3) is 0.467. The van der Waals surface area contributed by atoms with Gasteiger partial charge in [0.05, 0.1) is 5.92 Å². The van der Waals surface area contributed by atoms with E-state index in [-0.39, 0.29) is 23.9 Å². The second-order valence-corrected chi connectivity index (χ2v) is 5.70. The molecule has 2 saturated heterocycles. The molecule has 112 valence electrons. The quantitative estimate of drug-likeness (QED) is 0.910. The molecule has 2 amide bonds. The van der Waals surface area contributed by atoms with Crippen molar-refractivity contribution in [1.82, 2.24) is 4.90 Å². The van der Waals surface area contributed by atoms with Gasteiger partial charge in [-0.05, 0) is 43.5 Å². The Morgan fingerprint density at radius 3 is 2.52 bits per heavy atom. The SMILES string of the molecule is CN(C(=O)N1[C@H]2CC[C@H]1[C@H](C(=O)O)C2)c1ccc(F)cc1. The van der Waals surface area contributed by atoms with Gasteiger partial charge in [0.25, 0.3) is 0 Å². The van der Waals surface area contributed by atoms with Crippen LogP contribution in [0.3, 0.4) is 0 Å². The molecule has 1 N–H and O–H groups in total. The summed E-state index contributed by atoms with van der Waals surface area (Å²) < 4.78 is 12.9. The number of carboxylic acid groups (broad SMARTS) is 1. The van der Waals surface area contributed by atoms with Crippen molar-refractivity contribution in [2.75, 3.05) is 11.9 Å². The van der Waals surface area contributed by atoms with Gasteiger partial charge in [0.2, 0.25) is 0 Å². The van der Waals surface area contributed by atoms with E-state index in [1.54, 1.807) is 24.1 Å². The molecule has 2 aliphatic heterocycles. The molecule has 6 heteroatoms. The van der Waals surface area contributed by atoms with Crippen LogP contribution in [0, 0.1) is 11.7 Å². The van der Waals surface area contributed by atoms with Gasteiger partial charge in [0.15, 0.2) is 0 Å². The fourth-order valence-electron chi connectivity index (χ4n) is 3.50. The molecule has 0 saturated carbocycles. The summed E-state index contributed by atoms with van der Waals surface area (Å²) in [6.07, 6.45) is 2.13. The van der Waals surface area contributed by atoms with Crippen LogP contribution in [0.1, 0.15) is 19.3 Å². The Balaban J connectivity index is 1.79. The highest BCUT2D eigenvalue weighted by Crippen LogP contribution is 2.42. The molecule has 1 aromatic carbocycles. The number of carbonyl (C=O) groups is 2. The first-order chi connectivity index (χ1) is 9.99. The van der Waals surface area contributed by atoms with Crippen LogP contribution in [0.25, 0.3) is 0 Å². The summed E-state index contributed by atoms with van der Waals surface area (Å²) in [5.74, 6) is -1.65. The summed E-state index contributed by atoms with van der Waals surface area (Å²) in [6.45, 7) is 0. The van der Waals surface area contributed by atoms with Crippen molar-refractivity contribution < 1.29 is 19.1 Å². The van der Waals surface area contributed by atoms with Crippen LogP contribution in [-0.4, -0.2) is 41.1 Å². The van der Waals surface area contributed by atoms with Crippen molar-refractivity contribution >= 4 is 17.7 Å². The average Bonchev–Trinajstić information content (AvgIpc) is 3.04. The van der Waals surface area contributed by atoms with Crippen molar-refractivity contribution in [2.45, 2.75) is 31.3 Å². The highest BCUT2D eigenvalue weighted by molar-refractivity contribution is 5.93. The van der Waals surface area contributed by atoms with Crippen molar-refractivity contribution in [3.8, 4) is 0 Å². The number of rotatable bonds is 2. The van der Waals surface area contributed by atoms with E-state index < -0.39 is 11.9 Å². The van der Waals surface area contributed by atoms with E-state index in [2.05, 4.69) is 0 Å². The number of aliphatic carboxylic acids is 1. The lowest BCUT2D eigenvalue weighted by atomic mass is 9.89. The molecule has 2 fully saturated rings. The third-order valence-electron chi connectivity index (χ3n) is 4.58. The van der Waals surface area contributed by atoms with Crippen LogP contribution in [-0.2, 0) is 4.79 Å². The molecule has 0 unspecified atom stereocenters. The van der Waals surface area contributed by atoms with Crippen LogP contribution in [0.5, 0.6) is 0 Å². The number of benzene rings is 1. The maximum atomic E-state index is 12.9. The van der Waals surface area contributed by atoms with Gasteiger partial charge in [-0.2, -0.15) is 0 Å². The molecule has 3 rings (SSSR count). The summed E-state index contributed by atoms with van der Waals surface area (Å²) in [4.78, 5) is 27.0. The second kappa shape index (κ2) is 5.02. The molecule has 3 atom stereocenters. The molecule has 5 nitrogen and oxygen atoms in total. The monoisotopic (exact) mass is 292 g/mol. The minimum Gasteiger partial charge on any atom is -0.481 e. The zero-order valence-corrected chi connectivity index (χ0v) is 11.7. The number of hydrogen-bond donors (Lipinski definition) is 1. The summed E-state index contributed by atoms with van der Waals surface area (Å²) in [7, 11) is 1.63. The smallest absolute Gasteiger partial charge is 0.324 e. The molecule has 21 heavy (non-hydrogen) atoms. The number of carboxylic acids is 1. The second-order valence-electron chi connectivity index (χ2n) is 5.70. The summed E-state index contributed by atoms with van der Waals surface area (Å²) >= 11 is 0. The van der Waals surface area contributed by atoms with Gasteiger partial charge in [-0.3, -0.25) is 9.69 Å². The minimum atomic E-state index is -0.829. The van der Waals surface area contributed by atoms with Gasteiger partial charge < -0.3 is 10.0 Å². The third kappa shape index (κ3) is 2.24. The van der Waals surface area contributed by atoms with Crippen molar-refractivity contribution in [2.24, 2.45) is 5.92 Å². The molecule has 2 aliphatic rings. The predicted octanol–water partition coefficient (Wildman–Crippen LogP) is 2.32. The lowest BCUT2D eigenvalue weighted by Crippen LogP contribution is -2.45. The number of fused-ring (bicyclic) bond motifs is 2. The van der Waals surface area contributed by atoms with Crippen LogP contribution in [0.2, 0.25) is 0 Å². The lowest BCUT2D eigenvalue weighted by Gasteiger charge is -2.28. The van der Waals surface area contributed by atoms with Crippen molar-refractivity contribution in [1.29, 1.82) is 0 Å². The van der Waals surface area contributed by atoms with Crippen LogP contribution >= 0.6 is 0 Å². The first-order valence-corrected chi connectivity index (χ1v) is 7.03. The zero-order valence-electron chi connectivity index (χ0n) is 11.7. The summed E-state index contributed by atoms with van der Waals surface area (Å²) in [6, 6.07) is 5.27. The van der Waals surface area contributed by atoms with E-state index in [9.17, 15) is 19.1 Å². The first-order valence-electron chi connectivity index (χ1n) is 7.03. The number of urea groups is 1. The largest absolute Gasteiger partial charge is 0.481 e. The Hall–Kier alpha value is -2.11. The number of halogens is 1. The topological polar surface area (TPSA) is 60.9 Å². The van der Waals surface area contributed by atoms with E-state index in [1.165, 1.54) is 17.0 Å². The fourth-order valence-corrected chi connectivity index (χ4v) is 3.50. The van der Waals surface area contributed by atoms with E-state index in [0.29, 0.717) is 12.1 Å². The van der Waals surface area contributed by atoms with Gasteiger partial charge in [0.1, 0.15) is 5.82 Å². The summed E-state index contributed by atoms with van der Waals surface area (Å²) in [5, 5.41) is 9.23. The van der Waals surface area contributed by atoms with Gasteiger partial charge in [-0.15, -0.1) is 0 Å². The normalized spacial score (nSPS) is 27.0. The molecular weight excluding hydrogens is 275 g/mol. The first kappa shape index (κ1) is 13.9. The summed E-state index contributed by atoms with van der Waals surface area (Å²) in [5.41, 5.74) is 0.597. The Labute approximate surface area is 122 Å². The standard InChI is InChI=1S/C15H17FN2O3/c1-17(10-4-2-9(16)3-5-10)15(21)18-11-6-7-13(18)12(8-11)14(19)20/h2-5,11-13H,6-8H2,1H3,(H,19,20)/t11-,12+,13-/m0/s1. The van der Waals surface area contributed by atoms with E-state index in [0.717, 1.165) is 12.8 Å². The number of hydrogen-bond acceptors (Lipinski definition) is 2. The number of amides is 2. The maximum absolute atomic E-state index is 12.9. The van der Waals surface area contributed by atoms with E-state index in [4.69, 9.17) is 0 Å². The van der Waals surface area contributed by atoms with Gasteiger partial charge in [-0.25, -0.2) is 9.18 Å². The molecule has 1 aromatic rings. The van der Waals surface area contributed by atoms with Gasteiger partial charge in [-0.1, -0.05) is 0 Å². The molecule has 0 aliphatic carbocycles. The van der Waals surface area contributed by atoms with Crippen LogP contribution < -0.4 is 4.90 Å². The van der Waals surface area contributed by atoms with Crippen LogP contribution in [0.4, 0.5) is 14.9 Å². The zero-order chi connectivity index (χ0) is 15.1. The Bertz CT molecular complexity index is 575. The molecule has 2 bridgehead atoms. The number of carbonyl (C=O) groups excluding carboxylic acids is 1. The molecular formula is C15H17FN2O3. The Morgan fingerprint density at radius 2 is 1.95 bits per heavy atom. The minimum absolute atomic E-state index is 0.00602. The third-order valence-corrected chi connectivity index (χ3v) is 4.58. The van der Waals surface area contributed by atoms with Crippen LogP contribution in [0.15, 0.2) is 24.3 Å². The van der Waals surface area contributed by atoms with Crippen molar-refractivity contribution in [3.05, 3.63) is 30.1 Å². The highest BCUT2D eigenvalue weighted by atomic mass is 19.1. The molecule has 2 heterocycles. The lowest BCUT2D eigenvalue weighted by molar-refractivity contribution is -0.142. The van der Waals surface area contributed by atoms with E-state index >= 15 is 0 Å². The van der Waals surface area contributed by atoms with Gasteiger partial charge >= 0.3 is 12.0 Å². The average molecular weight is 292 g/mol. The Kier molecular flexibility index (Phi) is 3.31. The highest BCUT2D eigenvalue weighted by Gasteiger charge is 2.52. The maximum Gasteiger partial charge on any atom is 0.324 e. The predicted molar refractivity (Wildman–Crippen MR) is 74.6 cm³/mol. The number of anilines is 1. The molecule has 0 spiro atoms. The molecule has 0 aromatic heterocycles. The molecule has 0 radical (unpaired) electrons. The number of nitrogens with zero attached hydrogens (tertiary/aromatic N) is 2. The van der Waals surface area contributed by atoms with Gasteiger partial charge in [0, 0.05) is 24.8 Å². The Morgan fingerprint density at radius 1 is 1.29 bits per heavy atom.